The van der Waals surface area contributed by atoms with Crippen LogP contribution < -0.4 is 4.90 Å². The van der Waals surface area contributed by atoms with Crippen LogP contribution >= 0.6 is 11.6 Å². The average molecular weight is 475 g/mol. The molecule has 0 bridgehead atoms. The summed E-state index contributed by atoms with van der Waals surface area (Å²) in [5.41, 5.74) is 7.78. The lowest BCUT2D eigenvalue weighted by Crippen LogP contribution is -2.24. The molecular weight excluding hydrogens is 448 g/mol. The summed E-state index contributed by atoms with van der Waals surface area (Å²) in [7, 11) is 1.33. The smallest absolute Gasteiger partial charge is 0.340 e. The summed E-state index contributed by atoms with van der Waals surface area (Å²) >= 11 is 6.27. The van der Waals surface area contributed by atoms with Gasteiger partial charge >= 0.3 is 5.97 Å². The second kappa shape index (κ2) is 8.99. The van der Waals surface area contributed by atoms with Crippen molar-refractivity contribution in [3.8, 4) is 5.69 Å². The van der Waals surface area contributed by atoms with E-state index < -0.39 is 5.97 Å². The van der Waals surface area contributed by atoms with Gasteiger partial charge < -0.3 is 9.30 Å². The third-order valence-electron chi connectivity index (χ3n) is 6.26. The SMILES string of the molecule is COC(=O)C1=C(C)N(c2ccc(C)cc2)C(=O)/C1=C\c1cc(C)n(-c2cc(Cl)ccc2C)c1C. The van der Waals surface area contributed by atoms with Crippen molar-refractivity contribution in [3.05, 3.63) is 98.5 Å². The molecule has 0 saturated heterocycles. The van der Waals surface area contributed by atoms with Gasteiger partial charge in [-0.05, 0) is 82.2 Å². The van der Waals surface area contributed by atoms with E-state index in [1.807, 2.05) is 76.2 Å². The average Bonchev–Trinajstić information content (AvgIpc) is 3.22. The van der Waals surface area contributed by atoms with Crippen molar-refractivity contribution in [1.82, 2.24) is 4.57 Å². The molecule has 0 spiro atoms. The van der Waals surface area contributed by atoms with E-state index in [1.54, 1.807) is 17.9 Å². The summed E-state index contributed by atoms with van der Waals surface area (Å²) in [6.07, 6.45) is 1.78. The Hall–Kier alpha value is -3.57. The van der Waals surface area contributed by atoms with E-state index in [0.29, 0.717) is 22.0 Å². The number of rotatable bonds is 4. The largest absolute Gasteiger partial charge is 0.465 e. The van der Waals surface area contributed by atoms with Crippen molar-refractivity contribution in [2.24, 2.45) is 0 Å². The number of aryl methyl sites for hydroxylation is 3. The van der Waals surface area contributed by atoms with Gasteiger partial charge in [-0.25, -0.2) is 4.79 Å². The number of carbonyl (C=O) groups is 2. The second-order valence-electron chi connectivity index (χ2n) is 8.58. The number of aromatic nitrogens is 1. The van der Waals surface area contributed by atoms with Crippen LogP contribution in [-0.4, -0.2) is 23.6 Å². The first-order valence-electron chi connectivity index (χ1n) is 11.0. The van der Waals surface area contributed by atoms with Gasteiger partial charge in [0.05, 0.1) is 18.3 Å². The fourth-order valence-corrected chi connectivity index (χ4v) is 4.63. The first-order chi connectivity index (χ1) is 16.1. The zero-order valence-electron chi connectivity index (χ0n) is 20.2. The van der Waals surface area contributed by atoms with Gasteiger partial charge in [0.1, 0.15) is 0 Å². The molecule has 1 aromatic heterocycles. The molecule has 0 aliphatic carbocycles. The Morgan fingerprint density at radius 1 is 0.971 bits per heavy atom. The molecule has 6 heteroatoms. The molecule has 34 heavy (non-hydrogen) atoms. The maximum atomic E-state index is 13.6. The Labute approximate surface area is 204 Å². The molecule has 0 fully saturated rings. The van der Waals surface area contributed by atoms with Crippen molar-refractivity contribution in [2.75, 3.05) is 12.0 Å². The molecule has 0 radical (unpaired) electrons. The summed E-state index contributed by atoms with van der Waals surface area (Å²) in [6, 6.07) is 15.4. The predicted octanol–water partition coefficient (Wildman–Crippen LogP) is 6.24. The summed E-state index contributed by atoms with van der Waals surface area (Å²) in [6.45, 7) is 9.78. The highest BCUT2D eigenvalue weighted by Gasteiger charge is 2.38. The number of benzene rings is 2. The Balaban J connectivity index is 1.86. The highest BCUT2D eigenvalue weighted by atomic mass is 35.5. The minimum Gasteiger partial charge on any atom is -0.465 e. The summed E-state index contributed by atoms with van der Waals surface area (Å²) in [4.78, 5) is 27.9. The predicted molar refractivity (Wildman–Crippen MR) is 136 cm³/mol. The topological polar surface area (TPSA) is 51.5 Å². The van der Waals surface area contributed by atoms with E-state index in [4.69, 9.17) is 16.3 Å². The fraction of sp³-hybridized carbons (Fsp3) is 0.214. The molecule has 2 heterocycles. The third-order valence-corrected chi connectivity index (χ3v) is 6.50. The van der Waals surface area contributed by atoms with Crippen molar-refractivity contribution < 1.29 is 14.3 Å². The van der Waals surface area contributed by atoms with E-state index in [-0.39, 0.29) is 11.5 Å². The summed E-state index contributed by atoms with van der Waals surface area (Å²) in [5.74, 6) is -0.795. The number of methoxy groups -OCH3 is 1. The maximum absolute atomic E-state index is 13.6. The highest BCUT2D eigenvalue weighted by molar-refractivity contribution is 6.30. The van der Waals surface area contributed by atoms with Crippen LogP contribution in [0, 0.1) is 27.7 Å². The molecule has 2 aromatic carbocycles. The lowest BCUT2D eigenvalue weighted by atomic mass is 10.0. The van der Waals surface area contributed by atoms with Gasteiger partial charge in [-0.15, -0.1) is 0 Å². The normalized spacial score (nSPS) is 15.0. The zero-order chi connectivity index (χ0) is 24.7. The number of hydrogen-bond acceptors (Lipinski definition) is 3. The Morgan fingerprint density at radius 3 is 2.29 bits per heavy atom. The van der Waals surface area contributed by atoms with Crippen molar-refractivity contribution in [2.45, 2.75) is 34.6 Å². The van der Waals surface area contributed by atoms with Crippen LogP contribution in [-0.2, 0) is 14.3 Å². The molecule has 0 N–H and O–H groups in total. The van der Waals surface area contributed by atoms with E-state index in [1.165, 1.54) is 7.11 Å². The second-order valence-corrected chi connectivity index (χ2v) is 9.02. The minimum atomic E-state index is -0.536. The van der Waals surface area contributed by atoms with E-state index in [9.17, 15) is 9.59 Å². The Bertz CT molecular complexity index is 1380. The number of allylic oxidation sites excluding steroid dienone is 1. The van der Waals surface area contributed by atoms with Gasteiger partial charge in [0, 0.05) is 33.5 Å². The molecule has 3 aromatic rings. The molecule has 0 atom stereocenters. The molecular formula is C28H27ClN2O3. The van der Waals surface area contributed by atoms with Crippen LogP contribution in [0.1, 0.15) is 35.0 Å². The van der Waals surface area contributed by atoms with Crippen molar-refractivity contribution in [1.29, 1.82) is 0 Å². The molecule has 0 saturated carbocycles. The van der Waals surface area contributed by atoms with Gasteiger partial charge in [0.25, 0.3) is 5.91 Å². The van der Waals surface area contributed by atoms with Crippen LogP contribution in [0.3, 0.4) is 0 Å². The van der Waals surface area contributed by atoms with Gasteiger partial charge in [0.2, 0.25) is 0 Å². The number of esters is 1. The lowest BCUT2D eigenvalue weighted by molar-refractivity contribution is -0.136. The number of nitrogens with zero attached hydrogens (tertiary/aromatic N) is 2. The molecule has 1 aliphatic heterocycles. The molecule has 4 rings (SSSR count). The standard InChI is InChI=1S/C28H27ClN2O3/c1-16-7-11-23(12-8-16)31-20(5)26(28(33)34-6)24(27(31)32)14-21-13-18(3)30(19(21)4)25-15-22(29)10-9-17(25)2/h7-15H,1-6H3/b24-14-. The number of halogens is 1. The Morgan fingerprint density at radius 2 is 1.65 bits per heavy atom. The molecule has 1 amide bonds. The zero-order valence-corrected chi connectivity index (χ0v) is 20.9. The molecule has 174 valence electrons. The van der Waals surface area contributed by atoms with E-state index >= 15 is 0 Å². The van der Waals surface area contributed by atoms with Crippen LogP contribution in [0.2, 0.25) is 5.02 Å². The van der Waals surface area contributed by atoms with Gasteiger partial charge in [0.15, 0.2) is 0 Å². The van der Waals surface area contributed by atoms with Crippen molar-refractivity contribution >= 4 is 35.2 Å². The van der Waals surface area contributed by atoms with Crippen LogP contribution in [0.15, 0.2) is 65.4 Å². The minimum absolute atomic E-state index is 0.259. The Kier molecular flexibility index (Phi) is 6.24. The molecule has 5 nitrogen and oxygen atoms in total. The molecule has 1 aliphatic rings. The number of hydrogen-bond donors (Lipinski definition) is 0. The van der Waals surface area contributed by atoms with Crippen LogP contribution in [0.5, 0.6) is 0 Å². The number of anilines is 1. The van der Waals surface area contributed by atoms with E-state index in [0.717, 1.165) is 33.8 Å². The first-order valence-corrected chi connectivity index (χ1v) is 11.4. The fourth-order valence-electron chi connectivity index (χ4n) is 4.47. The third kappa shape index (κ3) is 3.97. The summed E-state index contributed by atoms with van der Waals surface area (Å²) in [5, 5.41) is 0.652. The maximum Gasteiger partial charge on any atom is 0.340 e. The molecule has 0 unspecified atom stereocenters. The first kappa shape index (κ1) is 23.6. The van der Waals surface area contributed by atoms with Gasteiger partial charge in [-0.1, -0.05) is 35.4 Å². The van der Waals surface area contributed by atoms with Crippen molar-refractivity contribution in [3.63, 3.8) is 0 Å². The lowest BCUT2D eigenvalue weighted by Gasteiger charge is -2.18. The van der Waals surface area contributed by atoms with Crippen LogP contribution in [0.4, 0.5) is 5.69 Å². The van der Waals surface area contributed by atoms with E-state index in [2.05, 4.69) is 4.57 Å². The highest BCUT2D eigenvalue weighted by Crippen LogP contribution is 2.36. The monoisotopic (exact) mass is 474 g/mol. The summed E-state index contributed by atoms with van der Waals surface area (Å²) < 4.78 is 7.16. The quantitative estimate of drug-likeness (QED) is 0.332. The number of carbonyl (C=O) groups excluding carboxylic acids is 2. The van der Waals surface area contributed by atoms with Gasteiger partial charge in [-0.2, -0.15) is 0 Å². The van der Waals surface area contributed by atoms with Gasteiger partial charge in [-0.3, -0.25) is 9.69 Å². The number of ether oxygens (including phenoxy) is 1. The van der Waals surface area contributed by atoms with Crippen LogP contribution in [0.25, 0.3) is 11.8 Å². The number of amides is 1.